The van der Waals surface area contributed by atoms with E-state index in [1.54, 1.807) is 0 Å². The van der Waals surface area contributed by atoms with Crippen LogP contribution in [0.3, 0.4) is 0 Å². The minimum absolute atomic E-state index is 0. The predicted octanol–water partition coefficient (Wildman–Crippen LogP) is 3.95. The van der Waals surface area contributed by atoms with E-state index in [1.807, 2.05) is 24.1 Å². The number of aryl methyl sites for hydroxylation is 1. The van der Waals surface area contributed by atoms with Crippen LogP contribution < -0.4 is 5.32 Å². The van der Waals surface area contributed by atoms with Crippen LogP contribution in [0.25, 0.3) is 0 Å². The van der Waals surface area contributed by atoms with Crippen molar-refractivity contribution in [1.29, 1.82) is 0 Å². The minimum atomic E-state index is 0. The number of piperidine rings is 1. The molecule has 2 unspecified atom stereocenters. The van der Waals surface area contributed by atoms with E-state index in [1.165, 1.54) is 36.9 Å². The number of rotatable bonds is 6. The van der Waals surface area contributed by atoms with Crippen molar-refractivity contribution >= 4 is 29.9 Å². The van der Waals surface area contributed by atoms with Crippen LogP contribution in [-0.4, -0.2) is 64.4 Å². The first-order valence-corrected chi connectivity index (χ1v) is 12.1. The van der Waals surface area contributed by atoms with Gasteiger partial charge in [0.15, 0.2) is 5.96 Å². The van der Waals surface area contributed by atoms with Crippen LogP contribution in [-0.2, 0) is 24.9 Å². The molecule has 182 valence electrons. The van der Waals surface area contributed by atoms with Gasteiger partial charge in [0, 0.05) is 44.5 Å². The average molecular weight is 567 g/mol. The molecule has 33 heavy (non-hydrogen) atoms. The van der Waals surface area contributed by atoms with Crippen molar-refractivity contribution in [3.05, 3.63) is 53.3 Å². The van der Waals surface area contributed by atoms with E-state index in [-0.39, 0.29) is 30.1 Å². The van der Waals surface area contributed by atoms with Gasteiger partial charge in [-0.3, -0.25) is 9.58 Å². The molecule has 1 aromatic heterocycles. The monoisotopic (exact) mass is 566 g/mol. The fourth-order valence-corrected chi connectivity index (χ4v) is 4.71. The van der Waals surface area contributed by atoms with Crippen LogP contribution in [0.2, 0.25) is 0 Å². The van der Waals surface area contributed by atoms with Crippen molar-refractivity contribution in [2.24, 2.45) is 12.0 Å². The molecule has 0 saturated carbocycles. The highest BCUT2D eigenvalue weighted by Crippen LogP contribution is 2.23. The number of likely N-dealkylation sites (tertiary alicyclic amines) is 1. The summed E-state index contributed by atoms with van der Waals surface area (Å²) in [6.07, 6.45) is 7.93. The zero-order valence-corrected chi connectivity index (χ0v) is 22.6. The fraction of sp³-hybridized carbons (Fsp3) is 0.600. The lowest BCUT2D eigenvalue weighted by Gasteiger charge is -2.35. The van der Waals surface area contributed by atoms with Crippen LogP contribution in [0, 0.1) is 0 Å². The summed E-state index contributed by atoms with van der Waals surface area (Å²) in [5.41, 5.74) is 3.84. The predicted molar refractivity (Wildman–Crippen MR) is 144 cm³/mol. The van der Waals surface area contributed by atoms with Crippen molar-refractivity contribution in [3.8, 4) is 0 Å². The quantitative estimate of drug-likeness (QED) is 0.326. The standard InChI is InChI=1S/C25H38N6O.HI/c1-4-26-25(31-13-14-32-24(19-31)23-16-28-29(3)17-23)27-15-21-10-5-6-11-22(21)18-30-12-8-7-9-20(30)2;/h5-6,10-11,16-17,20,24H,4,7-9,12-15,18-19H2,1-3H3,(H,26,27);1H. The summed E-state index contributed by atoms with van der Waals surface area (Å²) in [5, 5.41) is 7.80. The van der Waals surface area contributed by atoms with Crippen LogP contribution in [0.5, 0.6) is 0 Å². The smallest absolute Gasteiger partial charge is 0.194 e. The minimum Gasteiger partial charge on any atom is -0.370 e. The Labute approximate surface area is 215 Å². The Hall–Kier alpha value is -1.65. The molecule has 1 N–H and O–H groups in total. The summed E-state index contributed by atoms with van der Waals surface area (Å²) in [7, 11) is 1.94. The Morgan fingerprint density at radius 2 is 2.03 bits per heavy atom. The van der Waals surface area contributed by atoms with Crippen molar-refractivity contribution in [3.63, 3.8) is 0 Å². The van der Waals surface area contributed by atoms with Gasteiger partial charge in [-0.25, -0.2) is 4.99 Å². The molecule has 1 aromatic carbocycles. The van der Waals surface area contributed by atoms with E-state index in [0.717, 1.165) is 37.7 Å². The molecule has 0 radical (unpaired) electrons. The summed E-state index contributed by atoms with van der Waals surface area (Å²) in [6.45, 7) is 10.6. The van der Waals surface area contributed by atoms with Gasteiger partial charge in [0.05, 0.1) is 25.9 Å². The average Bonchev–Trinajstić information content (AvgIpc) is 3.25. The number of halogens is 1. The molecular formula is C25H39IN6O. The number of nitrogens with one attached hydrogen (secondary N) is 1. The molecule has 2 aliphatic rings. The van der Waals surface area contributed by atoms with E-state index in [2.05, 4.69) is 58.3 Å². The second-order valence-electron chi connectivity index (χ2n) is 9.01. The second kappa shape index (κ2) is 12.7. The molecule has 4 rings (SSSR count). The number of aliphatic imine (C=N–C) groups is 1. The molecule has 2 atom stereocenters. The highest BCUT2D eigenvalue weighted by atomic mass is 127. The maximum Gasteiger partial charge on any atom is 0.194 e. The Kier molecular flexibility index (Phi) is 10.0. The van der Waals surface area contributed by atoms with Gasteiger partial charge in [-0.1, -0.05) is 30.7 Å². The van der Waals surface area contributed by atoms with Gasteiger partial charge < -0.3 is 15.0 Å². The molecule has 0 spiro atoms. The lowest BCUT2D eigenvalue weighted by atomic mass is 10.0. The van der Waals surface area contributed by atoms with Crippen LogP contribution in [0.15, 0.2) is 41.7 Å². The summed E-state index contributed by atoms with van der Waals surface area (Å²) in [6, 6.07) is 9.45. The van der Waals surface area contributed by atoms with E-state index < -0.39 is 0 Å². The molecule has 2 aromatic rings. The van der Waals surface area contributed by atoms with Gasteiger partial charge in [0.1, 0.15) is 6.10 Å². The molecule has 7 nitrogen and oxygen atoms in total. The summed E-state index contributed by atoms with van der Waals surface area (Å²) >= 11 is 0. The first kappa shape index (κ1) is 26.0. The van der Waals surface area contributed by atoms with Gasteiger partial charge in [0.25, 0.3) is 0 Å². The molecule has 2 fully saturated rings. The summed E-state index contributed by atoms with van der Waals surface area (Å²) in [4.78, 5) is 9.99. The maximum atomic E-state index is 6.03. The number of nitrogens with zero attached hydrogens (tertiary/aromatic N) is 5. The number of guanidine groups is 1. The van der Waals surface area contributed by atoms with Crippen molar-refractivity contribution in [1.82, 2.24) is 24.9 Å². The molecule has 0 bridgehead atoms. The molecule has 0 amide bonds. The third kappa shape index (κ3) is 6.93. The number of benzene rings is 1. The fourth-order valence-electron chi connectivity index (χ4n) is 4.71. The first-order valence-electron chi connectivity index (χ1n) is 12.1. The number of hydrogen-bond donors (Lipinski definition) is 1. The molecule has 2 aliphatic heterocycles. The third-order valence-electron chi connectivity index (χ3n) is 6.63. The number of hydrogen-bond acceptors (Lipinski definition) is 4. The van der Waals surface area contributed by atoms with Gasteiger partial charge >= 0.3 is 0 Å². The van der Waals surface area contributed by atoms with Gasteiger partial charge in [-0.15, -0.1) is 24.0 Å². The first-order chi connectivity index (χ1) is 15.6. The zero-order chi connectivity index (χ0) is 22.3. The Morgan fingerprint density at radius 1 is 1.21 bits per heavy atom. The molecule has 0 aliphatic carbocycles. The van der Waals surface area contributed by atoms with E-state index in [4.69, 9.17) is 9.73 Å². The Balaban J connectivity index is 0.00000306. The Bertz CT molecular complexity index is 901. The van der Waals surface area contributed by atoms with E-state index >= 15 is 0 Å². The number of aromatic nitrogens is 2. The number of morpholine rings is 1. The van der Waals surface area contributed by atoms with Gasteiger partial charge in [0.2, 0.25) is 0 Å². The number of ether oxygens (including phenoxy) is 1. The highest BCUT2D eigenvalue weighted by molar-refractivity contribution is 14.0. The van der Waals surface area contributed by atoms with E-state index in [0.29, 0.717) is 19.2 Å². The SMILES string of the molecule is CCNC(=NCc1ccccc1CN1CCCCC1C)N1CCOC(c2cnn(C)c2)C1.I. The summed E-state index contributed by atoms with van der Waals surface area (Å²) < 4.78 is 7.86. The highest BCUT2D eigenvalue weighted by Gasteiger charge is 2.25. The molecule has 8 heteroatoms. The second-order valence-corrected chi connectivity index (χ2v) is 9.01. The maximum absolute atomic E-state index is 6.03. The van der Waals surface area contributed by atoms with Gasteiger partial charge in [-0.2, -0.15) is 5.10 Å². The van der Waals surface area contributed by atoms with Crippen molar-refractivity contribution in [2.75, 3.05) is 32.8 Å². The largest absolute Gasteiger partial charge is 0.370 e. The normalized spacial score (nSPS) is 22.2. The molecular weight excluding hydrogens is 527 g/mol. The summed E-state index contributed by atoms with van der Waals surface area (Å²) in [5.74, 6) is 0.964. The Morgan fingerprint density at radius 3 is 2.76 bits per heavy atom. The lowest BCUT2D eigenvalue weighted by Crippen LogP contribution is -2.48. The zero-order valence-electron chi connectivity index (χ0n) is 20.2. The van der Waals surface area contributed by atoms with Crippen molar-refractivity contribution in [2.45, 2.75) is 58.3 Å². The molecule has 3 heterocycles. The lowest BCUT2D eigenvalue weighted by molar-refractivity contribution is -0.00805. The third-order valence-corrected chi connectivity index (χ3v) is 6.63. The van der Waals surface area contributed by atoms with E-state index in [9.17, 15) is 0 Å². The molecule has 2 saturated heterocycles. The topological polar surface area (TPSA) is 57.9 Å². The van der Waals surface area contributed by atoms with Crippen LogP contribution in [0.1, 0.15) is 55.9 Å². The van der Waals surface area contributed by atoms with Crippen LogP contribution in [0.4, 0.5) is 0 Å². The van der Waals surface area contributed by atoms with Crippen LogP contribution >= 0.6 is 24.0 Å². The van der Waals surface area contributed by atoms with Gasteiger partial charge in [-0.05, 0) is 44.4 Å². The van der Waals surface area contributed by atoms with Crippen molar-refractivity contribution < 1.29 is 4.74 Å².